The Bertz CT molecular complexity index is 2530. The molecule has 0 aliphatic carbocycles. The Balaban J connectivity index is 1.39. The average molecular weight is 1440 g/mol. The molecule has 99 heavy (non-hydrogen) atoms. The summed E-state index contributed by atoms with van der Waals surface area (Å²) in [5, 5.41) is 107. The van der Waals surface area contributed by atoms with Crippen molar-refractivity contribution in [3.63, 3.8) is 0 Å². The van der Waals surface area contributed by atoms with Gasteiger partial charge in [0.15, 0.2) is 30.4 Å². The summed E-state index contributed by atoms with van der Waals surface area (Å²) >= 11 is 0. The first-order valence-corrected chi connectivity index (χ1v) is 35.3. The molecule has 6 amide bonds. The number of hydrogen-bond donors (Lipinski definition) is 16. The number of aliphatic hydroxyl groups excluding tert-OH is 9. The molecule has 3 saturated heterocycles. The van der Waals surface area contributed by atoms with Crippen LogP contribution in [0.1, 0.15) is 147 Å². The van der Waals surface area contributed by atoms with Gasteiger partial charge < -0.3 is 125 Å². The SMILES string of the molecule is COP(=O)(O)OCCCCCCNC(=O)c1cc(OCCNC(=O)CCCCCOC2OC(CO)C(O)C(O)C2NC(C)=O)c(OCCCC(=O)CCCCCOC2OC(CO)C(O)C(O)C2NC(C)=O)c(OCCNC(=O)CCCCCOC2OC(CO)C(O)C(O)C2NC(C)=O)c1. The van der Waals surface area contributed by atoms with E-state index >= 15 is 0 Å². The van der Waals surface area contributed by atoms with Crippen LogP contribution in [-0.4, -0.2) is 277 Å². The highest BCUT2D eigenvalue weighted by Crippen LogP contribution is 2.42. The Morgan fingerprint density at radius 2 is 0.818 bits per heavy atom. The number of amides is 6. The first kappa shape index (κ1) is 86.0. The van der Waals surface area contributed by atoms with E-state index < -0.39 is 143 Å². The predicted octanol–water partition coefficient (Wildman–Crippen LogP) is -1.98. The van der Waals surface area contributed by atoms with Crippen molar-refractivity contribution < 1.29 is 141 Å². The van der Waals surface area contributed by atoms with Crippen LogP contribution in [0.25, 0.3) is 0 Å². The molecule has 3 fully saturated rings. The fourth-order valence-corrected chi connectivity index (χ4v) is 11.3. The lowest BCUT2D eigenvalue weighted by Gasteiger charge is -2.42. The number of rotatable bonds is 50. The van der Waals surface area contributed by atoms with Gasteiger partial charge in [-0.05, 0) is 69.9 Å². The third kappa shape index (κ3) is 31.4. The zero-order chi connectivity index (χ0) is 72.9. The van der Waals surface area contributed by atoms with Crippen molar-refractivity contribution in [1.82, 2.24) is 31.9 Å². The van der Waals surface area contributed by atoms with E-state index in [9.17, 15) is 89.0 Å². The number of ether oxygens (including phenoxy) is 9. The highest BCUT2D eigenvalue weighted by molar-refractivity contribution is 7.47. The Labute approximate surface area is 575 Å². The number of aliphatic hydroxyl groups is 9. The molecule has 3 heterocycles. The second-order valence-corrected chi connectivity index (χ2v) is 25.7. The fourth-order valence-electron chi connectivity index (χ4n) is 10.8. The largest absolute Gasteiger partial charge is 0.488 e. The van der Waals surface area contributed by atoms with Gasteiger partial charge in [-0.2, -0.15) is 0 Å². The summed E-state index contributed by atoms with van der Waals surface area (Å²) in [4.78, 5) is 98.0. The van der Waals surface area contributed by atoms with Crippen LogP contribution in [0.4, 0.5) is 0 Å². The van der Waals surface area contributed by atoms with Crippen molar-refractivity contribution in [2.24, 2.45) is 0 Å². The van der Waals surface area contributed by atoms with Gasteiger partial charge in [0.2, 0.25) is 35.3 Å². The zero-order valence-corrected chi connectivity index (χ0v) is 57.8. The third-order valence-corrected chi connectivity index (χ3v) is 17.1. The number of nitrogens with one attached hydrogen (secondary N) is 6. The average Bonchev–Trinajstić information content (AvgIpc) is 0.835. The molecule has 3 aliphatic heterocycles. The molecule has 0 aromatic heterocycles. The molecular weight excluding hydrogens is 1340 g/mol. The number of benzene rings is 1. The first-order chi connectivity index (χ1) is 47.3. The predicted molar refractivity (Wildman–Crippen MR) is 346 cm³/mol. The Hall–Kier alpha value is -5.38. The molecular formula is C63H107N6O29P. The molecule has 568 valence electrons. The molecule has 36 heteroatoms. The van der Waals surface area contributed by atoms with Crippen LogP contribution < -0.4 is 46.1 Å². The van der Waals surface area contributed by atoms with E-state index in [2.05, 4.69) is 36.4 Å². The van der Waals surface area contributed by atoms with Crippen LogP contribution in [0.5, 0.6) is 17.2 Å². The summed E-state index contributed by atoms with van der Waals surface area (Å²) in [5.74, 6) is -2.54. The van der Waals surface area contributed by atoms with Gasteiger partial charge in [0.05, 0.1) is 46.1 Å². The lowest BCUT2D eigenvalue weighted by atomic mass is 9.97. The fraction of sp³-hybridized carbons (Fsp3) is 0.794. The summed E-state index contributed by atoms with van der Waals surface area (Å²) in [7, 11) is -3.05. The van der Waals surface area contributed by atoms with Gasteiger partial charge in [-0.25, -0.2) is 4.57 Å². The van der Waals surface area contributed by atoms with E-state index in [1.165, 1.54) is 32.9 Å². The molecule has 0 spiro atoms. The van der Waals surface area contributed by atoms with Gasteiger partial charge in [0.1, 0.15) is 92.1 Å². The van der Waals surface area contributed by atoms with E-state index in [0.29, 0.717) is 83.5 Å². The Kier molecular flexibility index (Phi) is 40.8. The number of carbonyl (C=O) groups excluding carboxylic acids is 7. The smallest absolute Gasteiger partial charge is 0.471 e. The summed E-state index contributed by atoms with van der Waals surface area (Å²) < 4.78 is 73.8. The van der Waals surface area contributed by atoms with Crippen LogP contribution >= 0.6 is 7.82 Å². The molecule has 4 rings (SSSR count). The van der Waals surface area contributed by atoms with Crippen molar-refractivity contribution in [3.8, 4) is 17.2 Å². The minimum absolute atomic E-state index is 0.00138. The topological polar surface area (TPSA) is 513 Å². The lowest BCUT2D eigenvalue weighted by Crippen LogP contribution is -2.64. The van der Waals surface area contributed by atoms with E-state index in [4.69, 9.17) is 47.2 Å². The van der Waals surface area contributed by atoms with E-state index in [0.717, 1.165) is 7.11 Å². The van der Waals surface area contributed by atoms with Crippen LogP contribution in [0.3, 0.4) is 0 Å². The second kappa shape index (κ2) is 47.0. The molecule has 1 aromatic carbocycles. The molecule has 35 nitrogen and oxygen atoms in total. The molecule has 1 aromatic rings. The third-order valence-electron chi connectivity index (χ3n) is 16.1. The van der Waals surface area contributed by atoms with Crippen LogP contribution in [0.15, 0.2) is 12.1 Å². The normalized spacial score (nSPS) is 25.9. The Morgan fingerprint density at radius 1 is 0.444 bits per heavy atom. The molecule has 16 N–H and O–H groups in total. The Morgan fingerprint density at radius 3 is 1.21 bits per heavy atom. The lowest BCUT2D eigenvalue weighted by molar-refractivity contribution is -0.270. The summed E-state index contributed by atoms with van der Waals surface area (Å²) in [6.07, 6.45) is -8.27. The number of phosphoric acid groups is 1. The van der Waals surface area contributed by atoms with Crippen molar-refractivity contribution in [2.75, 3.05) is 92.8 Å². The summed E-state index contributed by atoms with van der Waals surface area (Å²) in [6.45, 7) is 2.17. The van der Waals surface area contributed by atoms with Gasteiger partial charge in [0, 0.05) is 85.5 Å². The van der Waals surface area contributed by atoms with Crippen LogP contribution in [-0.2, 0) is 70.8 Å². The maximum absolute atomic E-state index is 13.8. The molecule has 16 unspecified atom stereocenters. The van der Waals surface area contributed by atoms with E-state index in [-0.39, 0.29) is 138 Å². The van der Waals surface area contributed by atoms with Gasteiger partial charge in [0.25, 0.3) is 5.91 Å². The molecule has 16 atom stereocenters. The van der Waals surface area contributed by atoms with Crippen LogP contribution in [0.2, 0.25) is 0 Å². The van der Waals surface area contributed by atoms with Crippen molar-refractivity contribution in [1.29, 1.82) is 0 Å². The van der Waals surface area contributed by atoms with E-state index in [1.807, 2.05) is 0 Å². The van der Waals surface area contributed by atoms with Crippen molar-refractivity contribution >= 4 is 49.0 Å². The molecule has 3 aliphatic rings. The number of ketones is 1. The second-order valence-electron chi connectivity index (χ2n) is 24.2. The number of phosphoric ester groups is 1. The zero-order valence-electron chi connectivity index (χ0n) is 56.9. The number of carbonyl (C=O) groups is 7. The minimum Gasteiger partial charge on any atom is -0.488 e. The van der Waals surface area contributed by atoms with Gasteiger partial charge in [-0.15, -0.1) is 0 Å². The maximum Gasteiger partial charge on any atom is 0.471 e. The monoisotopic (exact) mass is 1440 g/mol. The maximum atomic E-state index is 13.8. The quantitative estimate of drug-likeness (QED) is 0.0248. The van der Waals surface area contributed by atoms with Gasteiger partial charge >= 0.3 is 7.82 Å². The number of Topliss-reactive ketones (excluding diaryl/α,β-unsaturated/α-hetero) is 1. The van der Waals surface area contributed by atoms with Crippen LogP contribution in [0, 0.1) is 0 Å². The first-order valence-electron chi connectivity index (χ1n) is 33.8. The number of hydrogen-bond acceptors (Lipinski definition) is 28. The van der Waals surface area contributed by atoms with Crippen molar-refractivity contribution in [2.45, 2.75) is 228 Å². The molecule has 0 saturated carbocycles. The standard InChI is InChI=1S/C63H107N6O29P/c1-38(73)67-50-56(82)53(79)45(35-70)96-61(50)92-26-14-7-10-19-42(76)20-18-29-91-59-43(89-31-24-64-48(77)21-11-8-15-27-93-62-51(68-39(2)74)57(83)54(80)46(36-71)97-62)33-41(60(85)66-23-13-5-6-17-30-95-99(86,87)88-4)34-44(59)90-32-25-65-49(78)22-12-9-16-28-94-63-52(69-40(3)75)58(84)55(81)47(37-72)98-63/h33-34,45-47,50-58,61-63,70-72,79-84H,5-32,35-37H2,1-4H3,(H,64,77)(H,65,78)(H,66,85)(H,67,73)(H,68,74)(H,69,75)(H,86,87). The van der Waals surface area contributed by atoms with E-state index in [1.54, 1.807) is 0 Å². The summed E-state index contributed by atoms with van der Waals surface area (Å²) in [6, 6.07) is -0.414. The molecule has 0 bridgehead atoms. The minimum atomic E-state index is -4.11. The van der Waals surface area contributed by atoms with Crippen molar-refractivity contribution in [3.05, 3.63) is 17.7 Å². The van der Waals surface area contributed by atoms with Gasteiger partial charge in [-0.1, -0.05) is 32.1 Å². The highest BCUT2D eigenvalue weighted by atomic mass is 31.2. The highest BCUT2D eigenvalue weighted by Gasteiger charge is 2.48. The molecule has 0 radical (unpaired) electrons. The van der Waals surface area contributed by atoms with Gasteiger partial charge in [-0.3, -0.25) is 42.6 Å². The number of unbranched alkanes of at least 4 members (excludes halogenated alkanes) is 9. The summed E-state index contributed by atoms with van der Waals surface area (Å²) in [5.41, 5.74) is 0.0931.